The highest BCUT2D eigenvalue weighted by Gasteiger charge is 2.27. The Kier molecular flexibility index (Phi) is 5.47. The van der Waals surface area contributed by atoms with Crippen LogP contribution in [0.2, 0.25) is 0 Å². The van der Waals surface area contributed by atoms with Crippen molar-refractivity contribution in [3.63, 3.8) is 0 Å². The molecule has 31 heavy (non-hydrogen) atoms. The summed E-state index contributed by atoms with van der Waals surface area (Å²) in [4.78, 5) is 12.8. The molecule has 0 fully saturated rings. The van der Waals surface area contributed by atoms with Crippen molar-refractivity contribution >= 4 is 5.91 Å². The number of furan rings is 1. The highest BCUT2D eigenvalue weighted by atomic mass is 16.3. The van der Waals surface area contributed by atoms with Gasteiger partial charge >= 0.3 is 0 Å². The number of aryl methyl sites for hydroxylation is 1. The molecule has 0 aliphatic heterocycles. The van der Waals surface area contributed by atoms with Gasteiger partial charge in [-0.1, -0.05) is 18.1 Å². The number of rotatable bonds is 3. The maximum absolute atomic E-state index is 12.8. The Hall–Kier alpha value is -3.30. The normalized spacial score (nSPS) is 15.7. The second-order valence-electron chi connectivity index (χ2n) is 8.57. The number of nitrogens with zero attached hydrogens (tertiary/aromatic N) is 2. The van der Waals surface area contributed by atoms with Crippen LogP contribution in [0.25, 0.3) is 5.69 Å². The predicted octanol–water partition coefficient (Wildman–Crippen LogP) is 4.01. The minimum Gasteiger partial charge on any atom is -0.443 e. The number of carbonyl (C=O) groups excluding carboxylic acids is 1. The lowest BCUT2D eigenvalue weighted by Gasteiger charge is -2.24. The van der Waals surface area contributed by atoms with Crippen LogP contribution in [0.15, 0.2) is 40.9 Å². The van der Waals surface area contributed by atoms with Crippen molar-refractivity contribution < 1.29 is 14.3 Å². The van der Waals surface area contributed by atoms with Crippen molar-refractivity contribution in [2.45, 2.75) is 58.6 Å². The summed E-state index contributed by atoms with van der Waals surface area (Å²) in [5.74, 6) is 5.70. The zero-order valence-electron chi connectivity index (χ0n) is 18.3. The Balaban J connectivity index is 1.55. The average Bonchev–Trinajstić information content (AvgIpc) is 3.36. The minimum absolute atomic E-state index is 0.119. The summed E-state index contributed by atoms with van der Waals surface area (Å²) in [5, 5.41) is 17.5. The van der Waals surface area contributed by atoms with E-state index in [9.17, 15) is 9.90 Å². The van der Waals surface area contributed by atoms with Gasteiger partial charge in [0.05, 0.1) is 17.9 Å². The maximum atomic E-state index is 12.8. The van der Waals surface area contributed by atoms with Crippen LogP contribution in [-0.4, -0.2) is 26.4 Å². The van der Waals surface area contributed by atoms with E-state index in [1.807, 2.05) is 16.9 Å². The van der Waals surface area contributed by atoms with Crippen LogP contribution in [0.1, 0.15) is 71.4 Å². The van der Waals surface area contributed by atoms with Crippen LogP contribution in [0.5, 0.6) is 0 Å². The van der Waals surface area contributed by atoms with Crippen molar-refractivity contribution in [1.82, 2.24) is 15.1 Å². The minimum atomic E-state index is -1.12. The number of aromatic nitrogens is 2. The number of hydrogen-bond acceptors (Lipinski definition) is 4. The van der Waals surface area contributed by atoms with Gasteiger partial charge in [-0.25, -0.2) is 4.68 Å². The summed E-state index contributed by atoms with van der Waals surface area (Å²) in [6.07, 6.45) is 4.61. The van der Waals surface area contributed by atoms with Gasteiger partial charge in [-0.2, -0.15) is 5.10 Å². The van der Waals surface area contributed by atoms with Gasteiger partial charge in [0.15, 0.2) is 11.5 Å². The van der Waals surface area contributed by atoms with E-state index in [2.05, 4.69) is 48.2 Å². The van der Waals surface area contributed by atoms with E-state index in [0.29, 0.717) is 5.76 Å². The predicted molar refractivity (Wildman–Crippen MR) is 118 cm³/mol. The number of hydrogen-bond donors (Lipinski definition) is 2. The molecule has 2 heterocycles. The summed E-state index contributed by atoms with van der Waals surface area (Å²) in [5.41, 5.74) is 4.58. The highest BCUT2D eigenvalue weighted by molar-refractivity contribution is 5.91. The lowest BCUT2D eigenvalue weighted by atomic mass is 9.92. The fourth-order valence-electron chi connectivity index (χ4n) is 3.85. The number of benzene rings is 1. The number of nitrogens with one attached hydrogen (secondary N) is 1. The molecule has 0 saturated heterocycles. The molecular formula is C25H27N3O3. The molecular weight excluding hydrogens is 390 g/mol. The zero-order valence-corrected chi connectivity index (χ0v) is 18.3. The molecule has 3 aromatic rings. The first-order valence-corrected chi connectivity index (χ1v) is 10.5. The molecule has 2 aromatic heterocycles. The Morgan fingerprint density at radius 1 is 1.29 bits per heavy atom. The molecule has 1 amide bonds. The maximum Gasteiger partial charge on any atom is 0.287 e. The van der Waals surface area contributed by atoms with Crippen molar-refractivity contribution in [3.8, 4) is 17.5 Å². The van der Waals surface area contributed by atoms with Crippen molar-refractivity contribution in [2.24, 2.45) is 0 Å². The van der Waals surface area contributed by atoms with Crippen LogP contribution >= 0.6 is 0 Å². The van der Waals surface area contributed by atoms with Gasteiger partial charge in [0.1, 0.15) is 5.60 Å². The molecule has 6 nitrogen and oxygen atoms in total. The third-order valence-corrected chi connectivity index (χ3v) is 5.61. The van der Waals surface area contributed by atoms with Gasteiger partial charge < -0.3 is 14.8 Å². The smallest absolute Gasteiger partial charge is 0.287 e. The molecule has 0 bridgehead atoms. The first kappa shape index (κ1) is 21.0. The fourth-order valence-corrected chi connectivity index (χ4v) is 3.85. The Labute approximate surface area is 182 Å². The Morgan fingerprint density at radius 3 is 2.87 bits per heavy atom. The SMILES string of the molecule is Cc1cccc(-n2ncc3c2CCCC3NC(=O)c2ccc(C#CC(C)(C)O)o2)c1C. The summed E-state index contributed by atoms with van der Waals surface area (Å²) in [6, 6.07) is 9.35. The highest BCUT2D eigenvalue weighted by Crippen LogP contribution is 2.32. The lowest BCUT2D eigenvalue weighted by Crippen LogP contribution is -2.30. The molecule has 1 aliphatic carbocycles. The fraction of sp³-hybridized carbons (Fsp3) is 0.360. The number of aliphatic hydroxyl groups is 1. The van der Waals surface area contributed by atoms with Gasteiger partial charge in [-0.05, 0) is 82.2 Å². The van der Waals surface area contributed by atoms with Gasteiger partial charge in [0.25, 0.3) is 5.91 Å². The summed E-state index contributed by atoms with van der Waals surface area (Å²) in [6.45, 7) is 7.39. The van der Waals surface area contributed by atoms with E-state index < -0.39 is 5.60 Å². The van der Waals surface area contributed by atoms with Gasteiger partial charge in [-0.15, -0.1) is 0 Å². The first-order chi connectivity index (χ1) is 14.7. The Bertz CT molecular complexity index is 1180. The third-order valence-electron chi connectivity index (χ3n) is 5.61. The monoisotopic (exact) mass is 417 g/mol. The molecule has 0 saturated carbocycles. The summed E-state index contributed by atoms with van der Waals surface area (Å²) >= 11 is 0. The molecule has 1 aromatic carbocycles. The van der Waals surface area contributed by atoms with Crippen LogP contribution in [0, 0.1) is 25.7 Å². The van der Waals surface area contributed by atoms with Crippen LogP contribution in [-0.2, 0) is 6.42 Å². The van der Waals surface area contributed by atoms with Crippen molar-refractivity contribution in [1.29, 1.82) is 0 Å². The van der Waals surface area contributed by atoms with E-state index in [4.69, 9.17) is 4.42 Å². The van der Waals surface area contributed by atoms with E-state index in [1.54, 1.807) is 26.0 Å². The van der Waals surface area contributed by atoms with E-state index in [-0.39, 0.29) is 17.7 Å². The molecule has 0 radical (unpaired) electrons. The van der Waals surface area contributed by atoms with Crippen LogP contribution < -0.4 is 5.32 Å². The third kappa shape index (κ3) is 4.42. The second kappa shape index (κ2) is 8.09. The summed E-state index contributed by atoms with van der Waals surface area (Å²) in [7, 11) is 0. The van der Waals surface area contributed by atoms with E-state index in [0.717, 1.165) is 36.2 Å². The number of amides is 1. The number of fused-ring (bicyclic) bond motifs is 1. The second-order valence-corrected chi connectivity index (χ2v) is 8.57. The molecule has 2 N–H and O–H groups in total. The molecule has 0 spiro atoms. The van der Waals surface area contributed by atoms with Crippen LogP contribution in [0.3, 0.4) is 0 Å². The largest absolute Gasteiger partial charge is 0.443 e. The zero-order chi connectivity index (χ0) is 22.2. The Morgan fingerprint density at radius 2 is 2.10 bits per heavy atom. The molecule has 6 heteroatoms. The quantitative estimate of drug-likeness (QED) is 0.631. The number of carbonyl (C=O) groups is 1. The van der Waals surface area contributed by atoms with Crippen molar-refractivity contribution in [3.05, 3.63) is 70.4 Å². The first-order valence-electron chi connectivity index (χ1n) is 10.5. The molecule has 160 valence electrons. The van der Waals surface area contributed by atoms with Crippen molar-refractivity contribution in [2.75, 3.05) is 0 Å². The standard InChI is InChI=1S/C25H27N3O3/c1-16-7-5-9-21(17(16)2)28-22-10-6-8-20(19(22)15-26-28)27-24(29)23-12-11-18(31-23)13-14-25(3,4)30/h5,7,9,11-12,15,20,30H,6,8,10H2,1-4H3,(H,27,29). The topological polar surface area (TPSA) is 80.3 Å². The lowest BCUT2D eigenvalue weighted by molar-refractivity contribution is 0.0904. The molecule has 1 aliphatic rings. The van der Waals surface area contributed by atoms with Gasteiger partial charge in [0.2, 0.25) is 0 Å². The average molecular weight is 418 g/mol. The van der Waals surface area contributed by atoms with Crippen LogP contribution in [0.4, 0.5) is 0 Å². The van der Waals surface area contributed by atoms with E-state index in [1.165, 1.54) is 11.1 Å². The molecule has 4 rings (SSSR count). The van der Waals surface area contributed by atoms with Gasteiger partial charge in [-0.3, -0.25) is 4.79 Å². The summed E-state index contributed by atoms with van der Waals surface area (Å²) < 4.78 is 7.56. The van der Waals surface area contributed by atoms with E-state index >= 15 is 0 Å². The molecule has 1 unspecified atom stereocenters. The molecule has 1 atom stereocenters. The van der Waals surface area contributed by atoms with Gasteiger partial charge in [0, 0.05) is 11.3 Å².